The average molecular weight is 421 g/mol. The summed E-state index contributed by atoms with van der Waals surface area (Å²) in [5, 5.41) is 12.5. The predicted octanol–water partition coefficient (Wildman–Crippen LogP) is 3.06. The summed E-state index contributed by atoms with van der Waals surface area (Å²) in [5.74, 6) is 1.38. The van der Waals surface area contributed by atoms with Crippen LogP contribution in [-0.4, -0.2) is 58.0 Å². The molecule has 4 heterocycles. The van der Waals surface area contributed by atoms with Crippen molar-refractivity contribution in [3.05, 3.63) is 48.2 Å². The van der Waals surface area contributed by atoms with Crippen molar-refractivity contribution in [2.75, 3.05) is 31.5 Å². The topological polar surface area (TPSA) is 84.3 Å². The molecular formula is C23H28N6O2. The van der Waals surface area contributed by atoms with Crippen molar-refractivity contribution in [1.29, 1.82) is 0 Å². The number of rotatable bonds is 5. The van der Waals surface area contributed by atoms with Gasteiger partial charge < -0.3 is 20.4 Å². The van der Waals surface area contributed by atoms with E-state index >= 15 is 0 Å². The van der Waals surface area contributed by atoms with Crippen molar-refractivity contribution in [2.45, 2.75) is 38.1 Å². The highest BCUT2D eigenvalue weighted by molar-refractivity contribution is 5.94. The second-order valence-corrected chi connectivity index (χ2v) is 8.26. The molecule has 1 unspecified atom stereocenters. The van der Waals surface area contributed by atoms with Crippen molar-refractivity contribution >= 4 is 22.8 Å². The highest BCUT2D eigenvalue weighted by Gasteiger charge is 2.20. The molecule has 1 aromatic carbocycles. The van der Waals surface area contributed by atoms with Gasteiger partial charge in [0.1, 0.15) is 0 Å². The molecule has 31 heavy (non-hydrogen) atoms. The molecule has 2 aliphatic heterocycles. The molecule has 8 heteroatoms. The van der Waals surface area contributed by atoms with Gasteiger partial charge in [0.05, 0.1) is 5.39 Å². The van der Waals surface area contributed by atoms with Gasteiger partial charge in [-0.15, -0.1) is 5.10 Å². The van der Waals surface area contributed by atoms with Crippen LogP contribution < -0.4 is 15.5 Å². The Morgan fingerprint density at radius 1 is 1.13 bits per heavy atom. The number of hydrogen-bond donors (Lipinski definition) is 2. The molecule has 1 amide bonds. The van der Waals surface area contributed by atoms with Crippen LogP contribution >= 0.6 is 0 Å². The zero-order valence-electron chi connectivity index (χ0n) is 17.6. The Kier molecular flexibility index (Phi) is 5.71. The van der Waals surface area contributed by atoms with Crippen LogP contribution in [0.15, 0.2) is 42.6 Å². The zero-order chi connectivity index (χ0) is 21.0. The maximum atomic E-state index is 12.9. The van der Waals surface area contributed by atoms with Gasteiger partial charge in [-0.05, 0) is 69.0 Å². The van der Waals surface area contributed by atoms with Gasteiger partial charge in [-0.3, -0.25) is 4.79 Å². The summed E-state index contributed by atoms with van der Waals surface area (Å²) in [6.07, 6.45) is 7.30. The van der Waals surface area contributed by atoms with E-state index in [0.717, 1.165) is 63.1 Å². The minimum absolute atomic E-state index is 0.0563. The van der Waals surface area contributed by atoms with Crippen LogP contribution in [0.1, 0.15) is 42.5 Å². The first-order valence-corrected chi connectivity index (χ1v) is 11.2. The van der Waals surface area contributed by atoms with Crippen LogP contribution in [0.25, 0.3) is 11.0 Å². The lowest BCUT2D eigenvalue weighted by atomic mass is 10.1. The third-order valence-corrected chi connectivity index (χ3v) is 5.97. The number of piperidine rings is 2. The van der Waals surface area contributed by atoms with Crippen molar-refractivity contribution in [2.24, 2.45) is 0 Å². The molecular weight excluding hydrogens is 392 g/mol. The monoisotopic (exact) mass is 420 g/mol. The molecule has 5 rings (SSSR count). The lowest BCUT2D eigenvalue weighted by molar-refractivity contribution is 0.0723. The summed E-state index contributed by atoms with van der Waals surface area (Å²) in [6, 6.07) is 11.5. The number of fused-ring (bicyclic) bond motifs is 1. The highest BCUT2D eigenvalue weighted by Crippen LogP contribution is 2.24. The van der Waals surface area contributed by atoms with Crippen LogP contribution in [0, 0.1) is 0 Å². The quantitative estimate of drug-likeness (QED) is 0.660. The van der Waals surface area contributed by atoms with Gasteiger partial charge in [0.25, 0.3) is 5.91 Å². The van der Waals surface area contributed by atoms with Gasteiger partial charge >= 0.3 is 0 Å². The Morgan fingerprint density at radius 2 is 2.03 bits per heavy atom. The molecule has 2 aliphatic rings. The number of pyridine rings is 1. The molecule has 0 aliphatic carbocycles. The van der Waals surface area contributed by atoms with Gasteiger partial charge in [-0.2, -0.15) is 0 Å². The van der Waals surface area contributed by atoms with E-state index in [4.69, 9.17) is 4.84 Å². The predicted molar refractivity (Wildman–Crippen MR) is 119 cm³/mol. The average Bonchev–Trinajstić information content (AvgIpc) is 3.17. The third kappa shape index (κ3) is 4.34. The summed E-state index contributed by atoms with van der Waals surface area (Å²) in [5.41, 5.74) is 1.27. The molecule has 0 bridgehead atoms. The normalized spacial score (nSPS) is 19.4. The largest absolute Gasteiger partial charge is 0.364 e. The molecule has 3 aromatic rings. The Morgan fingerprint density at radius 3 is 2.87 bits per heavy atom. The molecule has 0 saturated carbocycles. The van der Waals surface area contributed by atoms with Crippen LogP contribution in [0.4, 0.5) is 5.82 Å². The lowest BCUT2D eigenvalue weighted by Gasteiger charge is -2.26. The minimum atomic E-state index is 0.0563. The van der Waals surface area contributed by atoms with Crippen LogP contribution in [0.2, 0.25) is 0 Å². The van der Waals surface area contributed by atoms with Gasteiger partial charge in [-0.25, -0.2) is 4.98 Å². The second-order valence-electron chi connectivity index (χ2n) is 8.26. The number of carbonyl (C=O) groups excluding carboxylic acids is 1. The molecule has 2 aromatic heterocycles. The van der Waals surface area contributed by atoms with E-state index in [-0.39, 0.29) is 5.91 Å². The molecule has 8 nitrogen and oxygen atoms in total. The summed E-state index contributed by atoms with van der Waals surface area (Å²) in [6.45, 7) is 3.62. The number of amides is 1. The molecule has 0 spiro atoms. The zero-order valence-corrected chi connectivity index (χ0v) is 17.6. The SMILES string of the molecule is O=C(c1cccc(On2nc(NC3CCCNC3)c3cccnc32)c1)N1CCCCC1. The fourth-order valence-corrected chi connectivity index (χ4v) is 4.33. The van der Waals surface area contributed by atoms with Crippen LogP contribution in [0.5, 0.6) is 5.75 Å². The minimum Gasteiger partial charge on any atom is -0.364 e. The van der Waals surface area contributed by atoms with Crippen molar-refractivity contribution < 1.29 is 9.63 Å². The standard InChI is InChI=1S/C23H28N6O2/c30-23(28-13-2-1-3-14-28)17-7-4-9-19(15-17)31-29-22-20(10-6-12-25-22)21(27-29)26-18-8-5-11-24-16-18/h4,6-7,9-10,12,15,18,24H,1-3,5,8,11,13-14,16H2,(H,26,27). The van der Waals surface area contributed by atoms with Gasteiger partial charge in [0.2, 0.25) is 5.65 Å². The van der Waals surface area contributed by atoms with Crippen molar-refractivity contribution in [3.63, 3.8) is 0 Å². The summed E-state index contributed by atoms with van der Waals surface area (Å²) >= 11 is 0. The summed E-state index contributed by atoms with van der Waals surface area (Å²) in [4.78, 5) is 26.8. The Bertz CT molecular complexity index is 1050. The van der Waals surface area contributed by atoms with E-state index in [0.29, 0.717) is 23.0 Å². The number of nitrogens with one attached hydrogen (secondary N) is 2. The highest BCUT2D eigenvalue weighted by atomic mass is 16.7. The van der Waals surface area contributed by atoms with E-state index in [9.17, 15) is 4.79 Å². The number of likely N-dealkylation sites (tertiary alicyclic amines) is 1. The number of carbonyl (C=O) groups is 1. The first kappa shape index (κ1) is 19.8. The third-order valence-electron chi connectivity index (χ3n) is 5.97. The molecule has 2 fully saturated rings. The fraction of sp³-hybridized carbons (Fsp3) is 0.435. The molecule has 162 valence electrons. The molecule has 2 saturated heterocycles. The smallest absolute Gasteiger partial charge is 0.253 e. The first-order chi connectivity index (χ1) is 15.3. The van der Waals surface area contributed by atoms with Crippen molar-refractivity contribution in [1.82, 2.24) is 25.1 Å². The maximum absolute atomic E-state index is 12.9. The summed E-state index contributed by atoms with van der Waals surface area (Å²) in [7, 11) is 0. The van der Waals surface area contributed by atoms with E-state index in [2.05, 4.69) is 20.7 Å². The number of nitrogens with zero attached hydrogens (tertiary/aromatic N) is 4. The number of benzene rings is 1. The Balaban J connectivity index is 1.38. The van der Waals surface area contributed by atoms with Crippen LogP contribution in [0.3, 0.4) is 0 Å². The first-order valence-electron chi connectivity index (χ1n) is 11.2. The maximum Gasteiger partial charge on any atom is 0.253 e. The van der Waals surface area contributed by atoms with E-state index in [1.807, 2.05) is 35.2 Å². The number of aromatic nitrogens is 3. The Hall–Kier alpha value is -3.13. The van der Waals surface area contributed by atoms with E-state index in [1.165, 1.54) is 11.3 Å². The summed E-state index contributed by atoms with van der Waals surface area (Å²) < 4.78 is 0. The second kappa shape index (κ2) is 8.93. The lowest BCUT2D eigenvalue weighted by Crippen LogP contribution is -2.38. The fourth-order valence-electron chi connectivity index (χ4n) is 4.33. The van der Waals surface area contributed by atoms with E-state index in [1.54, 1.807) is 12.3 Å². The van der Waals surface area contributed by atoms with Gasteiger partial charge in [0.15, 0.2) is 11.6 Å². The Labute approximate surface area is 181 Å². The van der Waals surface area contributed by atoms with E-state index < -0.39 is 0 Å². The molecule has 1 atom stereocenters. The number of hydrogen-bond acceptors (Lipinski definition) is 6. The van der Waals surface area contributed by atoms with Crippen LogP contribution in [-0.2, 0) is 0 Å². The van der Waals surface area contributed by atoms with Gasteiger partial charge in [-0.1, -0.05) is 10.9 Å². The molecule has 2 N–H and O–H groups in total. The van der Waals surface area contributed by atoms with Crippen molar-refractivity contribution in [3.8, 4) is 5.75 Å². The van der Waals surface area contributed by atoms with Gasteiger partial charge in [0, 0.05) is 37.4 Å². The molecule has 0 radical (unpaired) electrons. The number of anilines is 1.